The van der Waals surface area contributed by atoms with E-state index in [1.807, 2.05) is 0 Å². The summed E-state index contributed by atoms with van der Waals surface area (Å²) in [6.07, 6.45) is 3.47. The van der Waals surface area contributed by atoms with Gasteiger partial charge in [0.1, 0.15) is 11.6 Å². The summed E-state index contributed by atoms with van der Waals surface area (Å²) >= 11 is 0. The van der Waals surface area contributed by atoms with Crippen molar-refractivity contribution in [1.29, 1.82) is 0 Å². The van der Waals surface area contributed by atoms with Crippen LogP contribution in [-0.2, 0) is 6.42 Å². The minimum absolute atomic E-state index is 0.235. The van der Waals surface area contributed by atoms with Gasteiger partial charge in [-0.3, -0.25) is 5.10 Å². The first-order chi connectivity index (χ1) is 7.22. The Bertz CT molecular complexity index is 464. The lowest BCUT2D eigenvalue weighted by Crippen LogP contribution is -1.92. The lowest BCUT2D eigenvalue weighted by atomic mass is 10.0. The summed E-state index contributed by atoms with van der Waals surface area (Å²) in [5.41, 5.74) is 1.17. The number of aromatic amines is 1. The summed E-state index contributed by atoms with van der Waals surface area (Å²) < 4.78 is 27.0. The maximum Gasteiger partial charge on any atom is 0.131 e. The summed E-state index contributed by atoms with van der Waals surface area (Å²) in [5.74, 6) is -0.801. The van der Waals surface area contributed by atoms with E-state index in [0.717, 1.165) is 0 Å². The van der Waals surface area contributed by atoms with Gasteiger partial charge in [0.2, 0.25) is 0 Å². The molecule has 2 rings (SSSR count). The summed E-state index contributed by atoms with van der Waals surface area (Å²) in [6.45, 7) is 1.79. The van der Waals surface area contributed by atoms with E-state index < -0.39 is 5.82 Å². The first kappa shape index (κ1) is 9.83. The molecule has 0 aliphatic rings. The van der Waals surface area contributed by atoms with Gasteiger partial charge in [-0.05, 0) is 24.1 Å². The van der Waals surface area contributed by atoms with Crippen molar-refractivity contribution in [3.63, 3.8) is 0 Å². The van der Waals surface area contributed by atoms with Gasteiger partial charge >= 0.3 is 0 Å². The van der Waals surface area contributed by atoms with E-state index in [1.54, 1.807) is 6.92 Å². The molecule has 2 aromatic rings. The fourth-order valence-corrected chi connectivity index (χ4v) is 1.48. The van der Waals surface area contributed by atoms with Gasteiger partial charge in [-0.25, -0.2) is 8.78 Å². The Kier molecular flexibility index (Phi) is 2.49. The molecule has 0 unspecified atom stereocenters. The molecule has 1 aromatic carbocycles. The van der Waals surface area contributed by atoms with E-state index >= 15 is 0 Å². The zero-order valence-corrected chi connectivity index (χ0v) is 8.22. The quantitative estimate of drug-likeness (QED) is 0.807. The zero-order valence-electron chi connectivity index (χ0n) is 8.22. The number of benzene rings is 1. The first-order valence-corrected chi connectivity index (χ1v) is 4.69. The van der Waals surface area contributed by atoms with Crippen LogP contribution in [0.4, 0.5) is 8.78 Å². The lowest BCUT2D eigenvalue weighted by molar-refractivity contribution is 0.590. The maximum absolute atomic E-state index is 13.6. The van der Waals surface area contributed by atoms with Crippen LogP contribution in [0.25, 0.3) is 11.1 Å². The van der Waals surface area contributed by atoms with Crippen LogP contribution in [0.5, 0.6) is 0 Å². The summed E-state index contributed by atoms with van der Waals surface area (Å²) in [5, 5.41) is 6.26. The third-order valence-electron chi connectivity index (χ3n) is 2.33. The molecule has 4 heteroatoms. The van der Waals surface area contributed by atoms with Gasteiger partial charge in [-0.2, -0.15) is 5.10 Å². The van der Waals surface area contributed by atoms with Crippen molar-refractivity contribution in [2.24, 2.45) is 0 Å². The highest BCUT2D eigenvalue weighted by atomic mass is 19.1. The Labute approximate surface area is 85.9 Å². The van der Waals surface area contributed by atoms with Crippen molar-refractivity contribution in [2.75, 3.05) is 0 Å². The van der Waals surface area contributed by atoms with Gasteiger partial charge in [0.15, 0.2) is 0 Å². The second-order valence-electron chi connectivity index (χ2n) is 3.26. The van der Waals surface area contributed by atoms with Gasteiger partial charge < -0.3 is 0 Å². The fourth-order valence-electron chi connectivity index (χ4n) is 1.48. The van der Waals surface area contributed by atoms with Crippen LogP contribution in [-0.4, -0.2) is 10.2 Å². The molecule has 1 aromatic heterocycles. The topological polar surface area (TPSA) is 28.7 Å². The highest BCUT2D eigenvalue weighted by Crippen LogP contribution is 2.24. The number of aromatic nitrogens is 2. The highest BCUT2D eigenvalue weighted by molar-refractivity contribution is 5.62. The van der Waals surface area contributed by atoms with Crippen molar-refractivity contribution in [3.8, 4) is 11.1 Å². The molecular formula is C11H10F2N2. The maximum atomic E-state index is 13.6. The SMILES string of the molecule is CCc1cc(F)c(-c2cn[nH]c2)cc1F. The lowest BCUT2D eigenvalue weighted by Gasteiger charge is -2.04. The number of nitrogens with zero attached hydrogens (tertiary/aromatic N) is 1. The highest BCUT2D eigenvalue weighted by Gasteiger charge is 2.10. The van der Waals surface area contributed by atoms with Crippen LogP contribution in [0, 0.1) is 11.6 Å². The number of rotatable bonds is 2. The number of hydrogen-bond acceptors (Lipinski definition) is 1. The average Bonchev–Trinajstić information content (AvgIpc) is 2.74. The molecule has 2 nitrogen and oxygen atoms in total. The average molecular weight is 208 g/mol. The Balaban J connectivity index is 2.55. The Morgan fingerprint density at radius 3 is 2.67 bits per heavy atom. The van der Waals surface area contributed by atoms with E-state index in [2.05, 4.69) is 10.2 Å². The molecule has 1 N–H and O–H groups in total. The van der Waals surface area contributed by atoms with Crippen LogP contribution in [0.15, 0.2) is 24.5 Å². The molecular weight excluding hydrogens is 198 g/mol. The number of nitrogens with one attached hydrogen (secondary N) is 1. The van der Waals surface area contributed by atoms with E-state index in [4.69, 9.17) is 0 Å². The normalized spacial score (nSPS) is 10.6. The number of H-pyrrole nitrogens is 1. The van der Waals surface area contributed by atoms with Gasteiger partial charge in [0, 0.05) is 17.3 Å². The third-order valence-corrected chi connectivity index (χ3v) is 2.33. The smallest absolute Gasteiger partial charge is 0.131 e. The zero-order chi connectivity index (χ0) is 10.8. The molecule has 0 amide bonds. The second-order valence-corrected chi connectivity index (χ2v) is 3.26. The fraction of sp³-hybridized carbons (Fsp3) is 0.182. The summed E-state index contributed by atoms with van der Waals surface area (Å²) in [7, 11) is 0. The van der Waals surface area contributed by atoms with Gasteiger partial charge in [-0.1, -0.05) is 6.92 Å². The molecule has 0 bridgehead atoms. The molecule has 1 heterocycles. The minimum Gasteiger partial charge on any atom is -0.285 e. The molecule has 0 aliphatic carbocycles. The first-order valence-electron chi connectivity index (χ1n) is 4.69. The molecule has 0 spiro atoms. The molecule has 78 valence electrons. The Morgan fingerprint density at radius 1 is 1.27 bits per heavy atom. The van der Waals surface area contributed by atoms with Gasteiger partial charge in [0.25, 0.3) is 0 Å². The van der Waals surface area contributed by atoms with Crippen molar-refractivity contribution in [3.05, 3.63) is 41.7 Å². The number of halogens is 2. The predicted molar refractivity (Wildman–Crippen MR) is 53.3 cm³/mol. The number of aryl methyl sites for hydroxylation is 1. The molecule has 0 radical (unpaired) electrons. The molecule has 0 fully saturated rings. The second kappa shape index (κ2) is 3.81. The molecule has 0 saturated carbocycles. The molecule has 15 heavy (non-hydrogen) atoms. The van der Waals surface area contributed by atoms with Gasteiger partial charge in [0.05, 0.1) is 6.20 Å². The van der Waals surface area contributed by atoms with Crippen LogP contribution in [0.1, 0.15) is 12.5 Å². The van der Waals surface area contributed by atoms with Crippen LogP contribution in [0.3, 0.4) is 0 Å². The van der Waals surface area contributed by atoms with Gasteiger partial charge in [-0.15, -0.1) is 0 Å². The number of hydrogen-bond donors (Lipinski definition) is 1. The molecule has 0 saturated heterocycles. The van der Waals surface area contributed by atoms with Crippen LogP contribution < -0.4 is 0 Å². The largest absolute Gasteiger partial charge is 0.285 e. The third kappa shape index (κ3) is 1.75. The summed E-state index contributed by atoms with van der Waals surface area (Å²) in [4.78, 5) is 0. The van der Waals surface area contributed by atoms with Crippen molar-refractivity contribution in [2.45, 2.75) is 13.3 Å². The van der Waals surface area contributed by atoms with Crippen molar-refractivity contribution >= 4 is 0 Å². The van der Waals surface area contributed by atoms with Crippen molar-refractivity contribution in [1.82, 2.24) is 10.2 Å². The van der Waals surface area contributed by atoms with E-state index in [9.17, 15) is 8.78 Å². The standard InChI is InChI=1S/C11H10F2N2/c1-2-7-3-11(13)9(4-10(7)12)8-5-14-15-6-8/h3-6H,2H2,1H3,(H,14,15). The van der Waals surface area contributed by atoms with E-state index in [-0.39, 0.29) is 11.4 Å². The Hall–Kier alpha value is -1.71. The van der Waals surface area contributed by atoms with Crippen LogP contribution in [0.2, 0.25) is 0 Å². The monoisotopic (exact) mass is 208 g/mol. The van der Waals surface area contributed by atoms with E-state index in [1.165, 1.54) is 24.5 Å². The van der Waals surface area contributed by atoms with Crippen LogP contribution >= 0.6 is 0 Å². The molecule has 0 atom stereocenters. The van der Waals surface area contributed by atoms with E-state index in [0.29, 0.717) is 17.5 Å². The Morgan fingerprint density at radius 2 is 2.07 bits per heavy atom. The van der Waals surface area contributed by atoms with Crippen molar-refractivity contribution < 1.29 is 8.78 Å². The summed E-state index contributed by atoms with van der Waals surface area (Å²) in [6, 6.07) is 2.44. The predicted octanol–water partition coefficient (Wildman–Crippen LogP) is 2.92. The molecule has 0 aliphatic heterocycles. The minimum atomic E-state index is -0.422.